The van der Waals surface area contributed by atoms with Gasteiger partial charge in [-0.25, -0.2) is 0 Å². The molecule has 1 N–H and O–H groups in total. The smallest absolute Gasteiger partial charge is 0.128 e. The van der Waals surface area contributed by atoms with Crippen LogP contribution >= 0.6 is 11.6 Å². The zero-order valence-corrected chi connectivity index (χ0v) is 10.9. The average Bonchev–Trinajstić information content (AvgIpc) is 2.39. The first-order valence-corrected chi connectivity index (χ1v) is 6.15. The second-order valence-corrected chi connectivity index (χ2v) is 4.51. The highest BCUT2D eigenvalue weighted by molar-refractivity contribution is 6.31. The number of para-hydroxylation sites is 1. The summed E-state index contributed by atoms with van der Waals surface area (Å²) in [6, 6.07) is 13.3. The fourth-order valence-electron chi connectivity index (χ4n) is 1.81. The zero-order valence-electron chi connectivity index (χ0n) is 10.2. The molecule has 94 valence electrons. The summed E-state index contributed by atoms with van der Waals surface area (Å²) >= 11 is 6.07. The van der Waals surface area contributed by atoms with E-state index in [-0.39, 0.29) is 6.61 Å². The monoisotopic (exact) mass is 262 g/mol. The zero-order chi connectivity index (χ0) is 13.0. The van der Waals surface area contributed by atoms with Crippen molar-refractivity contribution in [2.45, 2.75) is 20.1 Å². The third kappa shape index (κ3) is 2.84. The SMILES string of the molecule is Cc1cccc(CO)c1OCc1ccccc1Cl. The van der Waals surface area contributed by atoms with Crippen LogP contribution in [0.3, 0.4) is 0 Å². The lowest BCUT2D eigenvalue weighted by Gasteiger charge is -2.13. The fourth-order valence-corrected chi connectivity index (χ4v) is 2.00. The van der Waals surface area contributed by atoms with Crippen molar-refractivity contribution in [2.24, 2.45) is 0 Å². The van der Waals surface area contributed by atoms with Gasteiger partial charge < -0.3 is 9.84 Å². The molecule has 0 amide bonds. The summed E-state index contributed by atoms with van der Waals surface area (Å²) in [7, 11) is 0. The fraction of sp³-hybridized carbons (Fsp3) is 0.200. The van der Waals surface area contributed by atoms with Crippen LogP contribution in [0.25, 0.3) is 0 Å². The molecular formula is C15H15ClO2. The topological polar surface area (TPSA) is 29.5 Å². The summed E-state index contributed by atoms with van der Waals surface area (Å²) < 4.78 is 5.78. The molecule has 0 spiro atoms. The number of aliphatic hydroxyl groups is 1. The van der Waals surface area contributed by atoms with Crippen molar-refractivity contribution in [2.75, 3.05) is 0 Å². The summed E-state index contributed by atoms with van der Waals surface area (Å²) in [6.07, 6.45) is 0. The van der Waals surface area contributed by atoms with Gasteiger partial charge in [0.15, 0.2) is 0 Å². The molecule has 0 atom stereocenters. The Hall–Kier alpha value is -1.51. The third-order valence-corrected chi connectivity index (χ3v) is 3.16. The normalized spacial score (nSPS) is 10.4. The van der Waals surface area contributed by atoms with Gasteiger partial charge in [-0.15, -0.1) is 0 Å². The van der Waals surface area contributed by atoms with Crippen LogP contribution in [-0.4, -0.2) is 5.11 Å². The van der Waals surface area contributed by atoms with Crippen LogP contribution in [0.1, 0.15) is 16.7 Å². The molecule has 0 aliphatic carbocycles. The molecule has 0 aliphatic rings. The number of ether oxygens (including phenoxy) is 1. The molecule has 0 radical (unpaired) electrons. The van der Waals surface area contributed by atoms with Gasteiger partial charge >= 0.3 is 0 Å². The Labute approximate surface area is 112 Å². The predicted octanol–water partition coefficient (Wildman–Crippen LogP) is 3.72. The van der Waals surface area contributed by atoms with Gasteiger partial charge in [-0.1, -0.05) is 48.0 Å². The van der Waals surface area contributed by atoms with Gasteiger partial charge in [0.05, 0.1) is 6.61 Å². The first-order chi connectivity index (χ1) is 8.72. The van der Waals surface area contributed by atoms with E-state index in [1.54, 1.807) is 0 Å². The number of halogens is 1. The lowest BCUT2D eigenvalue weighted by molar-refractivity contribution is 0.258. The highest BCUT2D eigenvalue weighted by atomic mass is 35.5. The Balaban J connectivity index is 2.18. The van der Waals surface area contributed by atoms with E-state index < -0.39 is 0 Å². The molecule has 2 aromatic carbocycles. The van der Waals surface area contributed by atoms with Crippen molar-refractivity contribution in [3.8, 4) is 5.75 Å². The minimum Gasteiger partial charge on any atom is -0.488 e. The maximum absolute atomic E-state index is 9.29. The number of hydrogen-bond donors (Lipinski definition) is 1. The van der Waals surface area contributed by atoms with Crippen molar-refractivity contribution in [1.82, 2.24) is 0 Å². The number of hydrogen-bond acceptors (Lipinski definition) is 2. The molecular weight excluding hydrogens is 248 g/mol. The van der Waals surface area contributed by atoms with Crippen molar-refractivity contribution < 1.29 is 9.84 Å². The summed E-state index contributed by atoms with van der Waals surface area (Å²) in [5.74, 6) is 0.736. The predicted molar refractivity (Wildman–Crippen MR) is 72.9 cm³/mol. The summed E-state index contributed by atoms with van der Waals surface area (Å²) in [5.41, 5.74) is 2.74. The van der Waals surface area contributed by atoms with E-state index in [0.29, 0.717) is 11.6 Å². The number of rotatable bonds is 4. The Morgan fingerprint density at radius 1 is 1.06 bits per heavy atom. The Morgan fingerprint density at radius 2 is 1.78 bits per heavy atom. The van der Waals surface area contributed by atoms with Crippen LogP contribution in [0.4, 0.5) is 0 Å². The van der Waals surface area contributed by atoms with Crippen LogP contribution in [-0.2, 0) is 13.2 Å². The summed E-state index contributed by atoms with van der Waals surface area (Å²) in [4.78, 5) is 0. The van der Waals surface area contributed by atoms with Gasteiger partial charge in [-0.3, -0.25) is 0 Å². The van der Waals surface area contributed by atoms with Gasteiger partial charge in [0, 0.05) is 16.1 Å². The maximum Gasteiger partial charge on any atom is 0.128 e. The third-order valence-electron chi connectivity index (χ3n) is 2.79. The first-order valence-electron chi connectivity index (χ1n) is 5.78. The van der Waals surface area contributed by atoms with Gasteiger partial charge in [-0.05, 0) is 18.6 Å². The summed E-state index contributed by atoms with van der Waals surface area (Å²) in [5, 5.41) is 9.98. The highest BCUT2D eigenvalue weighted by Gasteiger charge is 2.07. The Kier molecular flexibility index (Phi) is 4.24. The number of aliphatic hydroxyl groups excluding tert-OH is 1. The molecule has 0 heterocycles. The van der Waals surface area contributed by atoms with Crippen LogP contribution in [0, 0.1) is 6.92 Å². The van der Waals surface area contributed by atoms with E-state index >= 15 is 0 Å². The van der Waals surface area contributed by atoms with Crippen LogP contribution < -0.4 is 4.74 Å². The van der Waals surface area contributed by atoms with E-state index in [4.69, 9.17) is 16.3 Å². The van der Waals surface area contributed by atoms with Crippen molar-refractivity contribution >= 4 is 11.6 Å². The average molecular weight is 263 g/mol. The van der Waals surface area contributed by atoms with Gasteiger partial charge in [0.25, 0.3) is 0 Å². The molecule has 0 aliphatic heterocycles. The van der Waals surface area contributed by atoms with E-state index in [0.717, 1.165) is 22.4 Å². The lowest BCUT2D eigenvalue weighted by Crippen LogP contribution is -2.01. The molecule has 0 aromatic heterocycles. The van der Waals surface area contributed by atoms with Crippen LogP contribution in [0.15, 0.2) is 42.5 Å². The molecule has 0 saturated carbocycles. The second-order valence-electron chi connectivity index (χ2n) is 4.10. The van der Waals surface area contributed by atoms with Crippen molar-refractivity contribution in [3.63, 3.8) is 0 Å². The van der Waals surface area contributed by atoms with Crippen molar-refractivity contribution in [3.05, 3.63) is 64.2 Å². The second kappa shape index (κ2) is 5.89. The Bertz CT molecular complexity index is 538. The van der Waals surface area contributed by atoms with Crippen molar-refractivity contribution in [1.29, 1.82) is 0 Å². The van der Waals surface area contributed by atoms with Gasteiger partial charge in [0.2, 0.25) is 0 Å². The largest absolute Gasteiger partial charge is 0.488 e. The molecule has 0 fully saturated rings. The molecule has 3 heteroatoms. The minimum atomic E-state index is -0.0282. The van der Waals surface area contributed by atoms with E-state index in [9.17, 15) is 5.11 Å². The quantitative estimate of drug-likeness (QED) is 0.910. The molecule has 18 heavy (non-hydrogen) atoms. The van der Waals surface area contributed by atoms with E-state index in [1.807, 2.05) is 49.4 Å². The number of aryl methyl sites for hydroxylation is 1. The van der Waals surface area contributed by atoms with Crippen LogP contribution in [0.2, 0.25) is 5.02 Å². The maximum atomic E-state index is 9.29. The lowest BCUT2D eigenvalue weighted by atomic mass is 10.1. The molecule has 2 nitrogen and oxygen atoms in total. The molecule has 0 unspecified atom stereocenters. The van der Waals surface area contributed by atoms with Crippen LogP contribution in [0.5, 0.6) is 5.75 Å². The highest BCUT2D eigenvalue weighted by Crippen LogP contribution is 2.25. The first kappa shape index (κ1) is 12.9. The minimum absolute atomic E-state index is 0.0282. The molecule has 0 bridgehead atoms. The van der Waals surface area contributed by atoms with Gasteiger partial charge in [-0.2, -0.15) is 0 Å². The summed E-state index contributed by atoms with van der Waals surface area (Å²) in [6.45, 7) is 2.33. The standard InChI is InChI=1S/C15H15ClO2/c1-11-5-4-7-12(9-17)15(11)18-10-13-6-2-3-8-14(13)16/h2-8,17H,9-10H2,1H3. The molecule has 2 rings (SSSR count). The van der Waals surface area contributed by atoms with Gasteiger partial charge in [0.1, 0.15) is 12.4 Å². The van der Waals surface area contributed by atoms with E-state index in [2.05, 4.69) is 0 Å². The molecule has 0 saturated heterocycles. The van der Waals surface area contributed by atoms with E-state index in [1.165, 1.54) is 0 Å². The Morgan fingerprint density at radius 3 is 2.50 bits per heavy atom. The number of benzene rings is 2. The molecule has 2 aromatic rings.